The van der Waals surface area contributed by atoms with E-state index in [0.717, 1.165) is 70.5 Å². The van der Waals surface area contributed by atoms with Crippen molar-refractivity contribution in [1.82, 2.24) is 9.88 Å². The summed E-state index contributed by atoms with van der Waals surface area (Å²) < 4.78 is 5.86. The van der Waals surface area contributed by atoms with Crippen LogP contribution in [0.4, 0.5) is 0 Å². The molecule has 1 saturated heterocycles. The van der Waals surface area contributed by atoms with Crippen LogP contribution in [0, 0.1) is 17.8 Å². The zero-order valence-corrected chi connectivity index (χ0v) is 21.4. The van der Waals surface area contributed by atoms with Gasteiger partial charge in [0, 0.05) is 32.6 Å². The first-order valence-electron chi connectivity index (χ1n) is 13.0. The first-order valence-corrected chi connectivity index (χ1v) is 13.8. The third kappa shape index (κ3) is 3.22. The summed E-state index contributed by atoms with van der Waals surface area (Å²) in [5.74, 6) is 3.17. The number of hydrogen-bond donors (Lipinski definition) is 1. The van der Waals surface area contributed by atoms with E-state index in [1.165, 1.54) is 19.3 Å². The van der Waals surface area contributed by atoms with E-state index in [0.29, 0.717) is 11.6 Å². The summed E-state index contributed by atoms with van der Waals surface area (Å²) in [5, 5.41) is 1.17. The predicted molar refractivity (Wildman–Crippen MR) is 140 cm³/mol. The molecule has 1 amide bonds. The maximum atomic E-state index is 13.5. The molecular formula is C29H30Cl2N2O2. The molecule has 2 aromatic carbocycles. The van der Waals surface area contributed by atoms with Crippen LogP contribution in [-0.2, 0) is 4.79 Å². The number of ether oxygens (including phenoxy) is 1. The number of aromatic nitrogens is 1. The molecule has 35 heavy (non-hydrogen) atoms. The third-order valence-corrected chi connectivity index (χ3v) is 9.86. The van der Waals surface area contributed by atoms with Gasteiger partial charge in [-0.05, 0) is 87.5 Å². The van der Waals surface area contributed by atoms with Gasteiger partial charge in [0.2, 0.25) is 5.91 Å². The Morgan fingerprint density at radius 2 is 1.74 bits per heavy atom. The lowest BCUT2D eigenvalue weighted by Gasteiger charge is -2.65. The van der Waals surface area contributed by atoms with Crippen molar-refractivity contribution in [3.63, 3.8) is 0 Å². The molecule has 4 bridgehead atoms. The monoisotopic (exact) mass is 508 g/mol. The van der Waals surface area contributed by atoms with Crippen LogP contribution in [0.2, 0.25) is 5.02 Å². The minimum Gasteiger partial charge on any atom is -0.494 e. The second-order valence-electron chi connectivity index (χ2n) is 11.2. The molecule has 2 atom stereocenters. The van der Waals surface area contributed by atoms with Crippen molar-refractivity contribution in [2.75, 3.05) is 6.61 Å². The van der Waals surface area contributed by atoms with Crippen LogP contribution < -0.4 is 4.74 Å². The number of hydrogen-bond acceptors (Lipinski definition) is 2. The lowest BCUT2D eigenvalue weighted by atomic mass is 9.51. The van der Waals surface area contributed by atoms with Crippen molar-refractivity contribution in [2.45, 2.75) is 62.4 Å². The normalized spacial score (nSPS) is 33.4. The van der Waals surface area contributed by atoms with E-state index >= 15 is 0 Å². The lowest BCUT2D eigenvalue weighted by molar-refractivity contribution is -0.175. The number of alkyl halides is 1. The van der Waals surface area contributed by atoms with Gasteiger partial charge in [-0.1, -0.05) is 29.8 Å². The molecule has 4 saturated carbocycles. The average molecular weight is 509 g/mol. The average Bonchev–Trinajstić information content (AvgIpc) is 3.19. The number of likely N-dealkylation sites (tertiary alicyclic amines) is 1. The number of aromatic amines is 1. The van der Waals surface area contributed by atoms with Crippen molar-refractivity contribution < 1.29 is 9.53 Å². The SMILES string of the molecule is CCOc1ccc2[nH]c(-c3ccccc3Cl)c(C3C(Cl)C(=O)N3C34CC5CC(CC(C5)C3)C4)c2c1. The molecule has 5 aliphatic rings. The second-order valence-corrected chi connectivity index (χ2v) is 12.1. The molecule has 4 aliphatic carbocycles. The number of carbonyl (C=O) groups excluding carboxylic acids is 1. The lowest BCUT2D eigenvalue weighted by Crippen LogP contribution is -2.70. The highest BCUT2D eigenvalue weighted by atomic mass is 35.5. The first-order chi connectivity index (χ1) is 17.0. The molecule has 3 aromatic rings. The highest BCUT2D eigenvalue weighted by molar-refractivity contribution is 6.34. The van der Waals surface area contributed by atoms with Crippen LogP contribution in [0.1, 0.15) is 57.1 Å². The minimum absolute atomic E-state index is 0.0548. The number of nitrogens with zero attached hydrogens (tertiary/aromatic N) is 1. The van der Waals surface area contributed by atoms with Crippen molar-refractivity contribution in [3.05, 3.63) is 53.1 Å². The molecule has 6 heteroatoms. The van der Waals surface area contributed by atoms with E-state index < -0.39 is 5.38 Å². The maximum absolute atomic E-state index is 13.5. The number of nitrogens with one attached hydrogen (secondary N) is 1. The molecule has 0 spiro atoms. The van der Waals surface area contributed by atoms with Gasteiger partial charge in [-0.15, -0.1) is 11.6 Å². The molecule has 0 radical (unpaired) electrons. The molecule has 8 rings (SSSR count). The van der Waals surface area contributed by atoms with Crippen molar-refractivity contribution in [3.8, 4) is 17.0 Å². The van der Waals surface area contributed by atoms with Crippen molar-refractivity contribution in [2.24, 2.45) is 17.8 Å². The number of H-pyrrole nitrogens is 1. The molecule has 2 heterocycles. The van der Waals surface area contributed by atoms with Crippen molar-refractivity contribution in [1.29, 1.82) is 0 Å². The Labute approximate surface area is 215 Å². The van der Waals surface area contributed by atoms with E-state index in [-0.39, 0.29) is 17.5 Å². The molecular weight excluding hydrogens is 479 g/mol. The largest absolute Gasteiger partial charge is 0.494 e. The zero-order valence-electron chi connectivity index (χ0n) is 19.9. The third-order valence-electron chi connectivity index (χ3n) is 9.11. The number of carbonyl (C=O) groups is 1. The topological polar surface area (TPSA) is 45.3 Å². The number of amides is 1. The van der Waals surface area contributed by atoms with Gasteiger partial charge in [0.1, 0.15) is 11.1 Å². The summed E-state index contributed by atoms with van der Waals surface area (Å²) >= 11 is 13.6. The fourth-order valence-corrected chi connectivity index (χ4v) is 8.82. The smallest absolute Gasteiger partial charge is 0.244 e. The van der Waals surface area contributed by atoms with Crippen LogP contribution in [0.15, 0.2) is 42.5 Å². The summed E-state index contributed by atoms with van der Waals surface area (Å²) in [6.07, 6.45) is 7.39. The molecule has 182 valence electrons. The summed E-state index contributed by atoms with van der Waals surface area (Å²) in [6, 6.07) is 13.9. The maximum Gasteiger partial charge on any atom is 0.244 e. The van der Waals surface area contributed by atoms with Gasteiger partial charge in [0.25, 0.3) is 0 Å². The van der Waals surface area contributed by atoms with Gasteiger partial charge in [-0.3, -0.25) is 4.79 Å². The van der Waals surface area contributed by atoms with Gasteiger partial charge >= 0.3 is 0 Å². The zero-order chi connectivity index (χ0) is 23.9. The number of benzene rings is 2. The summed E-state index contributed by atoms with van der Waals surface area (Å²) in [6.45, 7) is 2.59. The van der Waals surface area contributed by atoms with E-state index in [2.05, 4.69) is 22.0 Å². The molecule has 1 aliphatic heterocycles. The van der Waals surface area contributed by atoms with Crippen LogP contribution in [-0.4, -0.2) is 33.3 Å². The molecule has 1 aromatic heterocycles. The van der Waals surface area contributed by atoms with Gasteiger partial charge in [-0.2, -0.15) is 0 Å². The standard InChI is InChI=1S/C29H30Cl2N2O2/c1-2-35-19-7-8-23-21(12-19)24(26(32-23)20-5-3-4-6-22(20)30)27-25(31)28(34)33(27)29-13-16-9-17(14-29)11-18(10-16)15-29/h3-8,12,16-18,25,27,32H,2,9-11,13-15H2,1H3. The van der Waals surface area contributed by atoms with Crippen LogP contribution in [0.5, 0.6) is 5.75 Å². The summed E-state index contributed by atoms with van der Waals surface area (Å²) in [4.78, 5) is 19.4. The predicted octanol–water partition coefficient (Wildman–Crippen LogP) is 7.35. The minimum atomic E-state index is -0.570. The number of fused-ring (bicyclic) bond motifs is 1. The van der Waals surface area contributed by atoms with E-state index in [1.807, 2.05) is 37.3 Å². The Morgan fingerprint density at radius 1 is 1.06 bits per heavy atom. The highest BCUT2D eigenvalue weighted by Gasteiger charge is 2.62. The van der Waals surface area contributed by atoms with Gasteiger partial charge < -0.3 is 14.6 Å². The van der Waals surface area contributed by atoms with Crippen LogP contribution in [0.25, 0.3) is 22.2 Å². The fourth-order valence-electron chi connectivity index (χ4n) is 8.25. The van der Waals surface area contributed by atoms with E-state index in [9.17, 15) is 4.79 Å². The number of β-lactam (4-membered cyclic amide) rings is 1. The quantitative estimate of drug-likeness (QED) is 0.289. The van der Waals surface area contributed by atoms with Gasteiger partial charge in [0.15, 0.2) is 0 Å². The van der Waals surface area contributed by atoms with Crippen LogP contribution in [0.3, 0.4) is 0 Å². The summed E-state index contributed by atoms with van der Waals surface area (Å²) in [5.41, 5.74) is 3.92. The second kappa shape index (κ2) is 7.91. The van der Waals surface area contributed by atoms with E-state index in [4.69, 9.17) is 27.9 Å². The van der Waals surface area contributed by atoms with Gasteiger partial charge in [0.05, 0.1) is 18.3 Å². The number of halogens is 2. The Hall–Kier alpha value is -2.17. The highest BCUT2D eigenvalue weighted by Crippen LogP contribution is 2.62. The Kier molecular flexibility index (Phi) is 4.99. The van der Waals surface area contributed by atoms with Gasteiger partial charge in [-0.25, -0.2) is 0 Å². The molecule has 5 fully saturated rings. The Balaban J connectivity index is 1.41. The Morgan fingerprint density at radius 3 is 2.40 bits per heavy atom. The summed E-state index contributed by atoms with van der Waals surface area (Å²) in [7, 11) is 0. The Bertz CT molecular complexity index is 1300. The molecule has 1 N–H and O–H groups in total. The molecule has 2 unspecified atom stereocenters. The number of rotatable bonds is 5. The van der Waals surface area contributed by atoms with Crippen molar-refractivity contribution >= 4 is 40.0 Å². The first kappa shape index (κ1) is 22.1. The van der Waals surface area contributed by atoms with Crippen LogP contribution >= 0.6 is 23.2 Å². The molecule has 4 nitrogen and oxygen atoms in total. The van der Waals surface area contributed by atoms with E-state index in [1.54, 1.807) is 0 Å². The fraction of sp³-hybridized carbons (Fsp3) is 0.483.